The number of hydrogen-bond donors (Lipinski definition) is 1. The van der Waals surface area contributed by atoms with Crippen LogP contribution in [-0.4, -0.2) is 26.7 Å². The second-order valence-corrected chi connectivity index (χ2v) is 4.57. The van der Waals surface area contributed by atoms with Crippen molar-refractivity contribution in [1.82, 2.24) is 5.32 Å². The van der Waals surface area contributed by atoms with Crippen LogP contribution in [0.4, 0.5) is 0 Å². The monoisotopic (exact) mass is 301 g/mol. The van der Waals surface area contributed by atoms with Gasteiger partial charge in [-0.3, -0.25) is 4.79 Å². The molecule has 5 heteroatoms. The number of amides is 1. The van der Waals surface area contributed by atoms with Crippen LogP contribution in [0.15, 0.2) is 48.5 Å². The van der Waals surface area contributed by atoms with Gasteiger partial charge in [0.2, 0.25) is 0 Å². The molecule has 0 aliphatic carbocycles. The minimum atomic E-state index is -0.182. The smallest absolute Gasteiger partial charge is 0.258 e. The van der Waals surface area contributed by atoms with E-state index in [-0.39, 0.29) is 12.5 Å². The lowest BCUT2D eigenvalue weighted by atomic mass is 10.2. The van der Waals surface area contributed by atoms with E-state index in [4.69, 9.17) is 14.2 Å². The van der Waals surface area contributed by atoms with E-state index in [0.29, 0.717) is 23.8 Å². The molecule has 0 unspecified atom stereocenters. The molecule has 116 valence electrons. The van der Waals surface area contributed by atoms with Gasteiger partial charge in [0.25, 0.3) is 5.91 Å². The van der Waals surface area contributed by atoms with Gasteiger partial charge in [-0.1, -0.05) is 30.3 Å². The molecular weight excluding hydrogens is 282 g/mol. The molecule has 0 spiro atoms. The van der Waals surface area contributed by atoms with Crippen LogP contribution in [0.3, 0.4) is 0 Å². The molecule has 1 N–H and O–H groups in total. The Labute approximate surface area is 129 Å². The lowest BCUT2D eigenvalue weighted by Crippen LogP contribution is -2.28. The number of methoxy groups -OCH3 is 2. The Hall–Kier alpha value is -2.69. The van der Waals surface area contributed by atoms with Gasteiger partial charge in [-0.2, -0.15) is 0 Å². The van der Waals surface area contributed by atoms with Crippen LogP contribution in [0.5, 0.6) is 17.2 Å². The summed E-state index contributed by atoms with van der Waals surface area (Å²) in [6.45, 7) is 0.428. The van der Waals surface area contributed by atoms with E-state index < -0.39 is 0 Å². The largest absolute Gasteiger partial charge is 0.493 e. The second-order valence-electron chi connectivity index (χ2n) is 4.57. The van der Waals surface area contributed by atoms with Gasteiger partial charge >= 0.3 is 0 Å². The molecule has 1 amide bonds. The molecule has 0 saturated heterocycles. The quantitative estimate of drug-likeness (QED) is 0.853. The third-order valence-electron chi connectivity index (χ3n) is 3.06. The number of hydrogen-bond acceptors (Lipinski definition) is 4. The third-order valence-corrected chi connectivity index (χ3v) is 3.06. The summed E-state index contributed by atoms with van der Waals surface area (Å²) in [5.74, 6) is 1.54. The number of ether oxygens (including phenoxy) is 3. The number of rotatable bonds is 7. The fraction of sp³-hybridized carbons (Fsp3) is 0.235. The zero-order chi connectivity index (χ0) is 15.8. The van der Waals surface area contributed by atoms with Crippen LogP contribution in [0.1, 0.15) is 5.56 Å². The molecular formula is C17H19NO4. The zero-order valence-corrected chi connectivity index (χ0v) is 12.7. The SMILES string of the molecule is COc1ccc(OCC(=O)NCc2ccccc2)cc1OC. The Bertz CT molecular complexity index is 613. The van der Waals surface area contributed by atoms with Crippen LogP contribution in [0, 0.1) is 0 Å². The maximum Gasteiger partial charge on any atom is 0.258 e. The average molecular weight is 301 g/mol. The van der Waals surface area contributed by atoms with Crippen LogP contribution >= 0.6 is 0 Å². The van der Waals surface area contributed by atoms with Crippen molar-refractivity contribution in [3.05, 3.63) is 54.1 Å². The van der Waals surface area contributed by atoms with Crippen molar-refractivity contribution in [3.63, 3.8) is 0 Å². The van der Waals surface area contributed by atoms with Crippen molar-refractivity contribution in [2.75, 3.05) is 20.8 Å². The highest BCUT2D eigenvalue weighted by Gasteiger charge is 2.07. The van der Waals surface area contributed by atoms with E-state index in [2.05, 4.69) is 5.32 Å². The van der Waals surface area contributed by atoms with Gasteiger partial charge in [-0.15, -0.1) is 0 Å². The third kappa shape index (κ3) is 4.41. The normalized spacial score (nSPS) is 9.91. The summed E-state index contributed by atoms with van der Waals surface area (Å²) in [7, 11) is 3.11. The molecule has 0 atom stereocenters. The molecule has 22 heavy (non-hydrogen) atoms. The number of carbonyl (C=O) groups is 1. The van der Waals surface area contributed by atoms with Gasteiger partial charge < -0.3 is 19.5 Å². The van der Waals surface area contributed by atoms with Crippen LogP contribution in [0.2, 0.25) is 0 Å². The molecule has 0 aromatic heterocycles. The summed E-state index contributed by atoms with van der Waals surface area (Å²) in [5, 5.41) is 2.80. The summed E-state index contributed by atoms with van der Waals surface area (Å²) < 4.78 is 15.8. The lowest BCUT2D eigenvalue weighted by Gasteiger charge is -2.11. The molecule has 2 rings (SSSR count). The van der Waals surface area contributed by atoms with Gasteiger partial charge in [-0.05, 0) is 17.7 Å². The van der Waals surface area contributed by atoms with Crippen LogP contribution in [0.25, 0.3) is 0 Å². The maximum atomic E-state index is 11.8. The van der Waals surface area contributed by atoms with Gasteiger partial charge in [0, 0.05) is 12.6 Å². The minimum absolute atomic E-state index is 0.0533. The summed E-state index contributed by atoms with van der Waals surface area (Å²) in [4.78, 5) is 11.8. The van der Waals surface area contributed by atoms with E-state index in [9.17, 15) is 4.79 Å². The van der Waals surface area contributed by atoms with E-state index >= 15 is 0 Å². The van der Waals surface area contributed by atoms with Crippen molar-refractivity contribution < 1.29 is 19.0 Å². The van der Waals surface area contributed by atoms with Crippen molar-refractivity contribution in [1.29, 1.82) is 0 Å². The van der Waals surface area contributed by atoms with E-state index in [1.54, 1.807) is 32.4 Å². The van der Waals surface area contributed by atoms with Gasteiger partial charge in [0.15, 0.2) is 18.1 Å². The first-order valence-electron chi connectivity index (χ1n) is 6.88. The van der Waals surface area contributed by atoms with Crippen LogP contribution in [-0.2, 0) is 11.3 Å². The molecule has 2 aromatic carbocycles. The first-order chi connectivity index (χ1) is 10.7. The molecule has 0 bridgehead atoms. The molecule has 2 aromatic rings. The van der Waals surface area contributed by atoms with Crippen molar-refractivity contribution in [2.24, 2.45) is 0 Å². The van der Waals surface area contributed by atoms with E-state index in [1.807, 2.05) is 30.3 Å². The van der Waals surface area contributed by atoms with Crippen LogP contribution < -0.4 is 19.5 Å². The summed E-state index contributed by atoms with van der Waals surface area (Å²) in [5.41, 5.74) is 1.04. The topological polar surface area (TPSA) is 56.8 Å². The Morgan fingerprint density at radius 2 is 1.73 bits per heavy atom. The first-order valence-corrected chi connectivity index (χ1v) is 6.88. The molecule has 0 aliphatic rings. The molecule has 5 nitrogen and oxygen atoms in total. The maximum absolute atomic E-state index is 11.8. The molecule has 0 saturated carbocycles. The molecule has 0 fully saturated rings. The van der Waals surface area contributed by atoms with Gasteiger partial charge in [0.1, 0.15) is 5.75 Å². The summed E-state index contributed by atoms with van der Waals surface area (Å²) in [6, 6.07) is 14.9. The molecule has 0 radical (unpaired) electrons. The van der Waals surface area contributed by atoms with Crippen molar-refractivity contribution in [3.8, 4) is 17.2 Å². The number of nitrogens with one attached hydrogen (secondary N) is 1. The van der Waals surface area contributed by atoms with Crippen molar-refractivity contribution in [2.45, 2.75) is 6.54 Å². The Balaban J connectivity index is 1.83. The van der Waals surface area contributed by atoms with Crippen molar-refractivity contribution >= 4 is 5.91 Å². The predicted molar refractivity (Wildman–Crippen MR) is 83.3 cm³/mol. The average Bonchev–Trinajstić information content (AvgIpc) is 2.58. The fourth-order valence-corrected chi connectivity index (χ4v) is 1.90. The molecule has 0 heterocycles. The van der Waals surface area contributed by atoms with E-state index in [0.717, 1.165) is 5.56 Å². The Morgan fingerprint density at radius 3 is 2.41 bits per heavy atom. The van der Waals surface area contributed by atoms with Gasteiger partial charge in [0.05, 0.1) is 14.2 Å². The number of carbonyl (C=O) groups excluding carboxylic acids is 1. The number of benzene rings is 2. The minimum Gasteiger partial charge on any atom is -0.493 e. The summed E-state index contributed by atoms with van der Waals surface area (Å²) >= 11 is 0. The molecule has 0 aliphatic heterocycles. The highest BCUT2D eigenvalue weighted by atomic mass is 16.5. The standard InChI is InChI=1S/C17H19NO4/c1-20-15-9-8-14(10-16(15)21-2)22-12-17(19)18-11-13-6-4-3-5-7-13/h3-10H,11-12H2,1-2H3,(H,18,19). The van der Waals surface area contributed by atoms with Gasteiger partial charge in [-0.25, -0.2) is 0 Å². The second kappa shape index (κ2) is 7.93. The highest BCUT2D eigenvalue weighted by Crippen LogP contribution is 2.30. The first kappa shape index (κ1) is 15.7. The summed E-state index contributed by atoms with van der Waals surface area (Å²) in [6.07, 6.45) is 0. The highest BCUT2D eigenvalue weighted by molar-refractivity contribution is 5.77. The fourth-order valence-electron chi connectivity index (χ4n) is 1.90. The predicted octanol–water partition coefficient (Wildman–Crippen LogP) is 2.40. The Kier molecular flexibility index (Phi) is 5.65. The lowest BCUT2D eigenvalue weighted by molar-refractivity contribution is -0.123. The Morgan fingerprint density at radius 1 is 1.00 bits per heavy atom. The zero-order valence-electron chi connectivity index (χ0n) is 12.7. The van der Waals surface area contributed by atoms with E-state index in [1.165, 1.54) is 0 Å².